The van der Waals surface area contributed by atoms with Crippen LogP contribution < -0.4 is 4.90 Å². The number of hydrogen-bond acceptors (Lipinski definition) is 3. The van der Waals surface area contributed by atoms with Gasteiger partial charge in [-0.15, -0.1) is 10.2 Å². The fraction of sp³-hybridized carbons (Fsp3) is 0.0476. The number of hydrogen-bond donors (Lipinski definition) is 0. The normalized spacial score (nSPS) is 13.6. The van der Waals surface area contributed by atoms with Crippen molar-refractivity contribution in [2.24, 2.45) is 10.2 Å². The van der Waals surface area contributed by atoms with E-state index in [1.165, 1.54) is 0 Å². The van der Waals surface area contributed by atoms with Crippen molar-refractivity contribution in [3.8, 4) is 0 Å². The number of anilines is 1. The Hall–Kier alpha value is -2.43. The van der Waals surface area contributed by atoms with Gasteiger partial charge in [-0.3, -0.25) is 0 Å². The number of rotatable bonds is 2. The highest BCUT2D eigenvalue weighted by atomic mass is 79.9. The van der Waals surface area contributed by atoms with Crippen molar-refractivity contribution in [1.29, 1.82) is 0 Å². The lowest BCUT2D eigenvalue weighted by molar-refractivity contribution is 1.18. The Morgan fingerprint density at radius 3 is 2.31 bits per heavy atom. The van der Waals surface area contributed by atoms with Gasteiger partial charge in [0.25, 0.3) is 0 Å². The van der Waals surface area contributed by atoms with E-state index >= 15 is 0 Å². The molecule has 26 heavy (non-hydrogen) atoms. The second-order valence-electron chi connectivity index (χ2n) is 5.97. The van der Waals surface area contributed by atoms with E-state index in [-0.39, 0.29) is 0 Å². The van der Waals surface area contributed by atoms with Gasteiger partial charge in [0.1, 0.15) is 5.71 Å². The third-order valence-corrected chi connectivity index (χ3v) is 5.05. The van der Waals surface area contributed by atoms with Crippen LogP contribution in [-0.2, 0) is 0 Å². The van der Waals surface area contributed by atoms with E-state index in [2.05, 4.69) is 26.1 Å². The van der Waals surface area contributed by atoms with Crippen molar-refractivity contribution >= 4 is 44.8 Å². The van der Waals surface area contributed by atoms with Crippen molar-refractivity contribution < 1.29 is 0 Å². The smallest absolute Gasteiger partial charge is 0.162 e. The Bertz CT molecular complexity index is 1010. The van der Waals surface area contributed by atoms with Gasteiger partial charge in [0.05, 0.1) is 5.69 Å². The molecule has 1 heterocycles. The molecule has 0 saturated heterocycles. The minimum Gasteiger partial charge on any atom is -0.327 e. The van der Waals surface area contributed by atoms with Crippen molar-refractivity contribution in [2.75, 3.05) is 11.9 Å². The molecule has 3 aromatic rings. The first kappa shape index (κ1) is 17.0. The molecule has 0 aliphatic carbocycles. The summed E-state index contributed by atoms with van der Waals surface area (Å²) in [7, 11) is 2.00. The molecule has 1 aliphatic heterocycles. The molecule has 0 unspecified atom stereocenters. The minimum atomic E-state index is 0.674. The van der Waals surface area contributed by atoms with Gasteiger partial charge in [0, 0.05) is 33.2 Å². The van der Waals surface area contributed by atoms with E-state index in [0.717, 1.165) is 38.4 Å². The summed E-state index contributed by atoms with van der Waals surface area (Å²) < 4.78 is 1.03. The number of halogens is 2. The van der Waals surface area contributed by atoms with Crippen LogP contribution in [0.15, 0.2) is 87.5 Å². The van der Waals surface area contributed by atoms with Crippen molar-refractivity contribution in [3.05, 3.63) is 99.0 Å². The van der Waals surface area contributed by atoms with Crippen LogP contribution in [0.5, 0.6) is 0 Å². The quantitative estimate of drug-likeness (QED) is 0.514. The maximum absolute atomic E-state index is 6.29. The summed E-state index contributed by atoms with van der Waals surface area (Å²) in [6.45, 7) is 0. The zero-order valence-electron chi connectivity index (χ0n) is 14.0. The lowest BCUT2D eigenvalue weighted by Crippen LogP contribution is -2.27. The zero-order chi connectivity index (χ0) is 18.1. The van der Waals surface area contributed by atoms with E-state index in [0.29, 0.717) is 5.02 Å². The molecule has 0 amide bonds. The predicted molar refractivity (Wildman–Crippen MR) is 113 cm³/mol. The number of fused-ring (bicyclic) bond motifs is 1. The van der Waals surface area contributed by atoms with Crippen LogP contribution in [0.3, 0.4) is 0 Å². The van der Waals surface area contributed by atoms with Gasteiger partial charge in [-0.2, -0.15) is 0 Å². The molecule has 0 spiro atoms. The van der Waals surface area contributed by atoms with Gasteiger partial charge in [-0.05, 0) is 30.3 Å². The van der Waals surface area contributed by atoms with E-state index in [1.807, 2.05) is 84.7 Å². The Morgan fingerprint density at radius 2 is 1.58 bits per heavy atom. The van der Waals surface area contributed by atoms with Crippen LogP contribution >= 0.6 is 27.5 Å². The topological polar surface area (TPSA) is 28.0 Å². The number of amidine groups is 1. The van der Waals surface area contributed by atoms with Gasteiger partial charge >= 0.3 is 0 Å². The Labute approximate surface area is 165 Å². The summed E-state index contributed by atoms with van der Waals surface area (Å²) >= 11 is 9.76. The first-order valence-corrected chi connectivity index (χ1v) is 9.31. The fourth-order valence-corrected chi connectivity index (χ4v) is 3.42. The van der Waals surface area contributed by atoms with Gasteiger partial charge in [0.15, 0.2) is 5.84 Å². The molecule has 5 heteroatoms. The third kappa shape index (κ3) is 3.18. The first-order valence-electron chi connectivity index (χ1n) is 8.14. The van der Waals surface area contributed by atoms with Gasteiger partial charge in [0.2, 0.25) is 0 Å². The summed E-state index contributed by atoms with van der Waals surface area (Å²) in [6.07, 6.45) is 0. The highest BCUT2D eigenvalue weighted by Crippen LogP contribution is 2.30. The summed E-state index contributed by atoms with van der Waals surface area (Å²) in [5, 5.41) is 9.85. The van der Waals surface area contributed by atoms with E-state index in [1.54, 1.807) is 0 Å². The molecular weight excluding hydrogens is 410 g/mol. The largest absolute Gasteiger partial charge is 0.327 e. The van der Waals surface area contributed by atoms with Crippen LogP contribution in [0.25, 0.3) is 0 Å². The Morgan fingerprint density at radius 1 is 0.846 bits per heavy atom. The molecule has 0 atom stereocenters. The minimum absolute atomic E-state index is 0.674. The average molecular weight is 425 g/mol. The van der Waals surface area contributed by atoms with Gasteiger partial charge in [-0.25, -0.2) is 0 Å². The molecule has 0 bridgehead atoms. The van der Waals surface area contributed by atoms with Crippen LogP contribution in [-0.4, -0.2) is 18.6 Å². The molecule has 1 aliphatic rings. The van der Waals surface area contributed by atoms with Crippen molar-refractivity contribution in [3.63, 3.8) is 0 Å². The molecular formula is C21H15BrClN3. The van der Waals surface area contributed by atoms with Crippen molar-refractivity contribution in [1.82, 2.24) is 0 Å². The molecule has 0 saturated carbocycles. The summed E-state index contributed by atoms with van der Waals surface area (Å²) in [4.78, 5) is 2.05. The third-order valence-electron chi connectivity index (χ3n) is 4.29. The summed E-state index contributed by atoms with van der Waals surface area (Å²) in [6, 6.07) is 23.9. The number of benzene rings is 3. The lowest BCUT2D eigenvalue weighted by atomic mass is 10.00. The SMILES string of the molecule is CN1C(c2ccc(Br)cc2)=NN=C(c2ccccc2)c2cc(Cl)ccc21. The maximum atomic E-state index is 6.29. The molecule has 4 rings (SSSR count). The second-order valence-corrected chi connectivity index (χ2v) is 7.32. The molecule has 0 N–H and O–H groups in total. The van der Waals surface area contributed by atoms with Crippen molar-refractivity contribution in [2.45, 2.75) is 0 Å². The highest BCUT2D eigenvalue weighted by Gasteiger charge is 2.22. The molecule has 0 radical (unpaired) electrons. The van der Waals surface area contributed by atoms with Crippen LogP contribution in [0.4, 0.5) is 5.69 Å². The molecule has 0 fully saturated rings. The fourth-order valence-electron chi connectivity index (χ4n) is 2.98. The summed E-state index contributed by atoms with van der Waals surface area (Å²) in [5.74, 6) is 0.784. The van der Waals surface area contributed by atoms with Crippen LogP contribution in [0.2, 0.25) is 5.02 Å². The Kier molecular flexibility index (Phi) is 4.62. The molecule has 0 aromatic heterocycles. The van der Waals surface area contributed by atoms with Crippen LogP contribution in [0.1, 0.15) is 16.7 Å². The second kappa shape index (κ2) is 7.06. The highest BCUT2D eigenvalue weighted by molar-refractivity contribution is 9.10. The predicted octanol–water partition coefficient (Wildman–Crippen LogP) is 5.75. The standard InChI is InChI=1S/C21H15BrClN3/c1-26-19-12-11-17(23)13-18(19)20(14-5-3-2-4-6-14)24-25-21(26)15-7-9-16(22)10-8-15/h2-13H,1H3. The Balaban J connectivity index is 1.92. The van der Waals surface area contributed by atoms with E-state index in [4.69, 9.17) is 11.6 Å². The van der Waals surface area contributed by atoms with Gasteiger partial charge in [-0.1, -0.05) is 70.0 Å². The monoisotopic (exact) mass is 423 g/mol. The average Bonchev–Trinajstić information content (AvgIpc) is 2.80. The van der Waals surface area contributed by atoms with Crippen LogP contribution in [0, 0.1) is 0 Å². The van der Waals surface area contributed by atoms with Gasteiger partial charge < -0.3 is 4.90 Å². The van der Waals surface area contributed by atoms with E-state index < -0.39 is 0 Å². The molecule has 3 aromatic carbocycles. The van der Waals surface area contributed by atoms with E-state index in [9.17, 15) is 0 Å². The maximum Gasteiger partial charge on any atom is 0.162 e. The molecule has 3 nitrogen and oxygen atoms in total. The molecule has 128 valence electrons. The number of nitrogens with zero attached hydrogens (tertiary/aromatic N) is 3. The summed E-state index contributed by atoms with van der Waals surface area (Å²) in [5.41, 5.74) is 4.78. The zero-order valence-corrected chi connectivity index (χ0v) is 16.4. The lowest BCUT2D eigenvalue weighted by Gasteiger charge is -2.22. The first-order chi connectivity index (χ1) is 12.6.